The monoisotopic (exact) mass is 386 g/mol. The lowest BCUT2D eigenvalue weighted by molar-refractivity contribution is 0.0697. The predicted molar refractivity (Wildman–Crippen MR) is 109 cm³/mol. The summed E-state index contributed by atoms with van der Waals surface area (Å²) >= 11 is 0. The van der Waals surface area contributed by atoms with Crippen LogP contribution in [0.2, 0.25) is 0 Å². The van der Waals surface area contributed by atoms with E-state index in [-0.39, 0.29) is 5.56 Å². The van der Waals surface area contributed by atoms with Gasteiger partial charge in [0.2, 0.25) is 0 Å². The predicted octanol–water partition coefficient (Wildman–Crippen LogP) is 4.29. The number of benzene rings is 3. The van der Waals surface area contributed by atoms with Crippen molar-refractivity contribution in [2.45, 2.75) is 6.42 Å². The average molecular weight is 386 g/mol. The van der Waals surface area contributed by atoms with E-state index >= 15 is 0 Å². The maximum absolute atomic E-state index is 11.1. The Morgan fingerprint density at radius 3 is 2.48 bits per heavy atom. The molecule has 6 nitrogen and oxygen atoms in total. The topological polar surface area (TPSA) is 84.4 Å². The number of fused-ring (bicyclic) bond motifs is 2. The number of rotatable bonds is 4. The summed E-state index contributed by atoms with van der Waals surface area (Å²) in [5.74, 6) is 1.35. The van der Waals surface area contributed by atoms with Gasteiger partial charge in [-0.05, 0) is 47.9 Å². The number of carboxylic acids is 1. The molecule has 0 bridgehead atoms. The number of carboxylic acid groups (broad SMARTS) is 1. The zero-order valence-electron chi connectivity index (χ0n) is 15.5. The number of hydrogen-bond acceptors (Lipinski definition) is 4. The Bertz CT molecular complexity index is 1210. The summed E-state index contributed by atoms with van der Waals surface area (Å²) in [6.45, 7) is 1.17. The SMILES string of the molecule is O=C(O)c1ccc2[nH]c(-c3ccc(Cc4ccc5c(c4)OCCO5)cc3)nc2c1. The molecule has 1 aromatic heterocycles. The highest BCUT2D eigenvalue weighted by Gasteiger charge is 2.12. The molecule has 0 fully saturated rings. The van der Waals surface area contributed by atoms with Crippen molar-refractivity contribution in [2.24, 2.45) is 0 Å². The Hall–Kier alpha value is -3.80. The Morgan fingerprint density at radius 2 is 1.69 bits per heavy atom. The minimum absolute atomic E-state index is 0.227. The number of aromatic nitrogens is 2. The number of imidazole rings is 1. The van der Waals surface area contributed by atoms with Gasteiger partial charge < -0.3 is 19.6 Å². The first-order chi connectivity index (χ1) is 14.2. The van der Waals surface area contributed by atoms with Crippen LogP contribution in [-0.4, -0.2) is 34.3 Å². The standard InChI is InChI=1S/C23H18N2O4/c26-23(27)17-6-7-18-19(13-17)25-22(24-18)16-4-1-14(2-5-16)11-15-3-8-20-21(12-15)29-10-9-28-20/h1-8,12-13H,9-11H2,(H,24,25)(H,26,27). The molecular formula is C23H18N2O4. The minimum atomic E-state index is -0.958. The third kappa shape index (κ3) is 3.40. The summed E-state index contributed by atoms with van der Waals surface area (Å²) in [6.07, 6.45) is 0.791. The van der Waals surface area contributed by atoms with Crippen LogP contribution in [0.1, 0.15) is 21.5 Å². The molecule has 3 aromatic carbocycles. The van der Waals surface area contributed by atoms with E-state index in [2.05, 4.69) is 28.2 Å². The molecule has 0 radical (unpaired) electrons. The molecule has 0 unspecified atom stereocenters. The van der Waals surface area contributed by atoms with Crippen molar-refractivity contribution in [2.75, 3.05) is 13.2 Å². The van der Waals surface area contributed by atoms with E-state index in [9.17, 15) is 4.79 Å². The first-order valence-corrected chi connectivity index (χ1v) is 9.37. The zero-order valence-corrected chi connectivity index (χ0v) is 15.5. The largest absolute Gasteiger partial charge is 0.486 e. The van der Waals surface area contributed by atoms with Crippen molar-refractivity contribution in [3.05, 3.63) is 77.4 Å². The molecule has 0 aliphatic carbocycles. The second kappa shape index (κ2) is 6.98. The van der Waals surface area contributed by atoms with Gasteiger partial charge in [-0.2, -0.15) is 0 Å². The average Bonchev–Trinajstić information content (AvgIpc) is 3.17. The fourth-order valence-electron chi connectivity index (χ4n) is 3.49. The number of nitrogens with one attached hydrogen (secondary N) is 1. The second-order valence-corrected chi connectivity index (χ2v) is 6.97. The molecule has 144 valence electrons. The lowest BCUT2D eigenvalue weighted by Crippen LogP contribution is -2.15. The number of ether oxygens (including phenoxy) is 2. The van der Waals surface area contributed by atoms with Crippen LogP contribution in [0, 0.1) is 0 Å². The van der Waals surface area contributed by atoms with Gasteiger partial charge in [-0.25, -0.2) is 9.78 Å². The molecule has 0 saturated carbocycles. The molecule has 2 N–H and O–H groups in total. The molecule has 29 heavy (non-hydrogen) atoms. The molecule has 0 amide bonds. The highest BCUT2D eigenvalue weighted by Crippen LogP contribution is 2.31. The third-order valence-electron chi connectivity index (χ3n) is 4.97. The third-order valence-corrected chi connectivity index (χ3v) is 4.97. The van der Waals surface area contributed by atoms with Crippen molar-refractivity contribution in [1.82, 2.24) is 9.97 Å². The Kier molecular flexibility index (Phi) is 4.17. The van der Waals surface area contributed by atoms with E-state index in [1.807, 2.05) is 24.3 Å². The molecule has 1 aliphatic rings. The fourth-order valence-corrected chi connectivity index (χ4v) is 3.49. The maximum Gasteiger partial charge on any atom is 0.335 e. The first-order valence-electron chi connectivity index (χ1n) is 9.37. The quantitative estimate of drug-likeness (QED) is 0.547. The van der Waals surface area contributed by atoms with Gasteiger partial charge in [0.05, 0.1) is 16.6 Å². The van der Waals surface area contributed by atoms with E-state index < -0.39 is 5.97 Å². The van der Waals surface area contributed by atoms with E-state index in [0.29, 0.717) is 24.6 Å². The Morgan fingerprint density at radius 1 is 0.931 bits per heavy atom. The van der Waals surface area contributed by atoms with Crippen LogP contribution in [0.15, 0.2) is 60.7 Å². The number of nitrogens with zero attached hydrogens (tertiary/aromatic N) is 1. The van der Waals surface area contributed by atoms with Crippen LogP contribution in [0.3, 0.4) is 0 Å². The van der Waals surface area contributed by atoms with Crippen molar-refractivity contribution >= 4 is 17.0 Å². The summed E-state index contributed by atoms with van der Waals surface area (Å²) in [5.41, 5.74) is 4.96. The van der Waals surface area contributed by atoms with Gasteiger partial charge in [-0.15, -0.1) is 0 Å². The summed E-state index contributed by atoms with van der Waals surface area (Å²) in [5, 5.41) is 9.13. The highest BCUT2D eigenvalue weighted by molar-refractivity contribution is 5.93. The molecule has 5 rings (SSSR count). The maximum atomic E-state index is 11.1. The number of hydrogen-bond donors (Lipinski definition) is 2. The first kappa shape index (κ1) is 17.3. The summed E-state index contributed by atoms with van der Waals surface area (Å²) < 4.78 is 11.2. The van der Waals surface area contributed by atoms with Crippen molar-refractivity contribution in [3.8, 4) is 22.9 Å². The second-order valence-electron chi connectivity index (χ2n) is 6.97. The van der Waals surface area contributed by atoms with E-state index in [1.165, 1.54) is 5.56 Å². The number of aromatic amines is 1. The van der Waals surface area contributed by atoms with Crippen LogP contribution >= 0.6 is 0 Å². The van der Waals surface area contributed by atoms with Gasteiger partial charge in [-0.1, -0.05) is 30.3 Å². The molecule has 2 heterocycles. The molecule has 0 spiro atoms. The normalized spacial score (nSPS) is 12.8. The number of aromatic carboxylic acids is 1. The molecule has 4 aromatic rings. The molecule has 0 saturated heterocycles. The van der Waals surface area contributed by atoms with Crippen LogP contribution in [0.25, 0.3) is 22.4 Å². The van der Waals surface area contributed by atoms with Crippen molar-refractivity contribution < 1.29 is 19.4 Å². The lowest BCUT2D eigenvalue weighted by Gasteiger charge is -2.18. The minimum Gasteiger partial charge on any atom is -0.486 e. The Labute approximate surface area is 166 Å². The van der Waals surface area contributed by atoms with Gasteiger partial charge in [0.25, 0.3) is 0 Å². The highest BCUT2D eigenvalue weighted by atomic mass is 16.6. The number of H-pyrrole nitrogens is 1. The smallest absolute Gasteiger partial charge is 0.335 e. The van der Waals surface area contributed by atoms with Gasteiger partial charge in [-0.3, -0.25) is 0 Å². The van der Waals surface area contributed by atoms with Gasteiger partial charge in [0.15, 0.2) is 11.5 Å². The summed E-state index contributed by atoms with van der Waals surface area (Å²) in [7, 11) is 0. The van der Waals surface area contributed by atoms with Crippen LogP contribution in [-0.2, 0) is 6.42 Å². The molecular weight excluding hydrogens is 368 g/mol. The van der Waals surface area contributed by atoms with Gasteiger partial charge >= 0.3 is 5.97 Å². The van der Waals surface area contributed by atoms with E-state index in [4.69, 9.17) is 14.6 Å². The number of carbonyl (C=O) groups is 1. The van der Waals surface area contributed by atoms with E-state index in [0.717, 1.165) is 34.6 Å². The summed E-state index contributed by atoms with van der Waals surface area (Å²) in [6, 6.07) is 19.1. The van der Waals surface area contributed by atoms with Crippen LogP contribution < -0.4 is 9.47 Å². The van der Waals surface area contributed by atoms with Gasteiger partial charge in [0.1, 0.15) is 19.0 Å². The fraction of sp³-hybridized carbons (Fsp3) is 0.130. The molecule has 0 atom stereocenters. The van der Waals surface area contributed by atoms with Crippen LogP contribution in [0.5, 0.6) is 11.5 Å². The lowest BCUT2D eigenvalue weighted by atomic mass is 10.0. The zero-order chi connectivity index (χ0) is 19.8. The van der Waals surface area contributed by atoms with Crippen LogP contribution in [0.4, 0.5) is 0 Å². The Balaban J connectivity index is 1.37. The molecule has 6 heteroatoms. The summed E-state index contributed by atoms with van der Waals surface area (Å²) in [4.78, 5) is 18.9. The van der Waals surface area contributed by atoms with E-state index in [1.54, 1.807) is 18.2 Å². The van der Waals surface area contributed by atoms with Gasteiger partial charge in [0, 0.05) is 5.56 Å². The van der Waals surface area contributed by atoms with Crippen molar-refractivity contribution in [1.29, 1.82) is 0 Å². The van der Waals surface area contributed by atoms with Crippen molar-refractivity contribution in [3.63, 3.8) is 0 Å². The molecule has 1 aliphatic heterocycles.